The van der Waals surface area contributed by atoms with Crippen LogP contribution in [0.4, 0.5) is 10.5 Å². The summed E-state index contributed by atoms with van der Waals surface area (Å²) in [4.78, 5) is 34.0. The summed E-state index contributed by atoms with van der Waals surface area (Å²) in [5.74, 6) is -1.49. The fraction of sp³-hybridized carbons (Fsp3) is 0.308. The van der Waals surface area contributed by atoms with Crippen LogP contribution in [0, 0.1) is 0 Å². The lowest BCUT2D eigenvalue weighted by Gasteiger charge is -2.16. The third kappa shape index (κ3) is 4.97. The molecule has 0 fully saturated rings. The van der Waals surface area contributed by atoms with Crippen LogP contribution in [0.15, 0.2) is 30.3 Å². The van der Waals surface area contributed by atoms with Crippen molar-refractivity contribution in [2.45, 2.75) is 26.0 Å². The molecule has 20 heavy (non-hydrogen) atoms. The number of esters is 1. The van der Waals surface area contributed by atoms with E-state index in [4.69, 9.17) is 10.5 Å². The first-order valence-electron chi connectivity index (χ1n) is 6.02. The summed E-state index contributed by atoms with van der Waals surface area (Å²) >= 11 is 0. The molecule has 2 atom stereocenters. The minimum Gasteiger partial charge on any atom is -0.451 e. The van der Waals surface area contributed by atoms with Crippen molar-refractivity contribution in [3.8, 4) is 0 Å². The van der Waals surface area contributed by atoms with Gasteiger partial charge in [0.2, 0.25) is 0 Å². The molecule has 0 bridgehead atoms. The molecule has 0 radical (unpaired) electrons. The summed E-state index contributed by atoms with van der Waals surface area (Å²) in [5.41, 5.74) is 5.57. The zero-order chi connectivity index (χ0) is 15.1. The minimum atomic E-state index is -1.04. The number of carbonyl (C=O) groups is 3. The predicted octanol–water partition coefficient (Wildman–Crippen LogP) is 0.614. The maximum absolute atomic E-state index is 11.6. The van der Waals surface area contributed by atoms with E-state index in [0.29, 0.717) is 5.69 Å². The summed E-state index contributed by atoms with van der Waals surface area (Å²) in [7, 11) is 0. The Balaban J connectivity index is 2.45. The highest BCUT2D eigenvalue weighted by atomic mass is 16.5. The monoisotopic (exact) mass is 279 g/mol. The van der Waals surface area contributed by atoms with E-state index in [1.165, 1.54) is 13.8 Å². The highest BCUT2D eigenvalue weighted by Crippen LogP contribution is 2.04. The number of ether oxygens (including phenoxy) is 1. The Bertz CT molecular complexity index is 490. The molecule has 0 unspecified atom stereocenters. The predicted molar refractivity (Wildman–Crippen MR) is 72.8 cm³/mol. The van der Waals surface area contributed by atoms with Gasteiger partial charge in [0.1, 0.15) is 6.04 Å². The molecular weight excluding hydrogens is 262 g/mol. The molecule has 108 valence electrons. The van der Waals surface area contributed by atoms with Crippen molar-refractivity contribution >= 4 is 23.6 Å². The molecule has 3 amide bonds. The fourth-order valence-corrected chi connectivity index (χ4v) is 1.28. The van der Waals surface area contributed by atoms with Gasteiger partial charge >= 0.3 is 12.0 Å². The van der Waals surface area contributed by atoms with Gasteiger partial charge in [0.05, 0.1) is 0 Å². The number of urea groups is 1. The number of amides is 3. The van der Waals surface area contributed by atoms with Gasteiger partial charge in [-0.3, -0.25) is 4.79 Å². The third-order valence-electron chi connectivity index (χ3n) is 2.43. The van der Waals surface area contributed by atoms with Gasteiger partial charge in [-0.1, -0.05) is 18.2 Å². The number of benzene rings is 1. The molecule has 4 N–H and O–H groups in total. The van der Waals surface area contributed by atoms with Gasteiger partial charge < -0.3 is 21.1 Å². The SMILES string of the molecule is C[C@H](NC(=O)Nc1ccccc1)C(=O)O[C@H](C)C(N)=O. The molecule has 0 saturated carbocycles. The highest BCUT2D eigenvalue weighted by molar-refractivity contribution is 5.92. The van der Waals surface area contributed by atoms with Gasteiger partial charge in [-0.2, -0.15) is 0 Å². The van der Waals surface area contributed by atoms with Crippen LogP contribution in [0.3, 0.4) is 0 Å². The van der Waals surface area contributed by atoms with Crippen molar-refractivity contribution in [2.75, 3.05) is 5.32 Å². The molecule has 7 heteroatoms. The number of rotatable bonds is 5. The van der Waals surface area contributed by atoms with Crippen LogP contribution in [0.1, 0.15) is 13.8 Å². The van der Waals surface area contributed by atoms with Crippen molar-refractivity contribution in [3.63, 3.8) is 0 Å². The van der Waals surface area contributed by atoms with E-state index in [2.05, 4.69) is 10.6 Å². The maximum Gasteiger partial charge on any atom is 0.329 e. The Kier molecular flexibility index (Phi) is 5.52. The van der Waals surface area contributed by atoms with Gasteiger partial charge in [-0.05, 0) is 26.0 Å². The highest BCUT2D eigenvalue weighted by Gasteiger charge is 2.21. The molecule has 0 spiro atoms. The number of primary amides is 1. The quantitative estimate of drug-likeness (QED) is 0.686. The number of anilines is 1. The minimum absolute atomic E-state index is 0.549. The van der Waals surface area contributed by atoms with E-state index in [1.807, 2.05) is 6.07 Å². The first-order valence-corrected chi connectivity index (χ1v) is 6.02. The van der Waals surface area contributed by atoms with Crippen LogP contribution in [0.2, 0.25) is 0 Å². The molecule has 0 aliphatic rings. The first-order chi connectivity index (χ1) is 9.40. The lowest BCUT2D eigenvalue weighted by atomic mass is 10.3. The van der Waals surface area contributed by atoms with Crippen molar-refractivity contribution in [1.29, 1.82) is 0 Å². The largest absolute Gasteiger partial charge is 0.451 e. The Labute approximate surface area is 116 Å². The number of hydrogen-bond donors (Lipinski definition) is 3. The van der Waals surface area contributed by atoms with Crippen molar-refractivity contribution in [2.24, 2.45) is 5.73 Å². The summed E-state index contributed by atoms with van der Waals surface area (Å²) in [6, 6.07) is 7.31. The number of nitrogens with two attached hydrogens (primary N) is 1. The number of hydrogen-bond acceptors (Lipinski definition) is 4. The van der Waals surface area contributed by atoms with Crippen LogP contribution in [-0.4, -0.2) is 30.1 Å². The lowest BCUT2D eigenvalue weighted by molar-refractivity contribution is -0.155. The van der Waals surface area contributed by atoms with Crippen LogP contribution < -0.4 is 16.4 Å². The van der Waals surface area contributed by atoms with E-state index < -0.39 is 30.1 Å². The molecule has 1 aromatic carbocycles. The van der Waals surface area contributed by atoms with Gasteiger partial charge in [-0.25, -0.2) is 9.59 Å². The average Bonchev–Trinajstić information content (AvgIpc) is 2.39. The number of carbonyl (C=O) groups excluding carboxylic acids is 3. The Hall–Kier alpha value is -2.57. The standard InChI is InChI=1S/C13H17N3O4/c1-8(12(18)20-9(2)11(14)17)15-13(19)16-10-6-4-3-5-7-10/h3-9H,1-2H3,(H2,14,17)(H2,15,16,19)/t8-,9+/m0/s1. The van der Waals surface area contributed by atoms with E-state index in [0.717, 1.165) is 0 Å². The second-order valence-electron chi connectivity index (χ2n) is 4.17. The van der Waals surface area contributed by atoms with Crippen LogP contribution >= 0.6 is 0 Å². The molecule has 0 heterocycles. The maximum atomic E-state index is 11.6. The molecule has 0 aliphatic heterocycles. The number of para-hydroxylation sites is 1. The van der Waals surface area contributed by atoms with Gasteiger partial charge in [-0.15, -0.1) is 0 Å². The molecule has 0 saturated heterocycles. The fourth-order valence-electron chi connectivity index (χ4n) is 1.28. The normalized spacial score (nSPS) is 12.9. The smallest absolute Gasteiger partial charge is 0.329 e. The van der Waals surface area contributed by atoms with Gasteiger partial charge in [0.25, 0.3) is 5.91 Å². The van der Waals surface area contributed by atoms with E-state index in [9.17, 15) is 14.4 Å². The molecular formula is C13H17N3O4. The molecule has 0 aliphatic carbocycles. The summed E-state index contributed by atoms with van der Waals surface area (Å²) in [5, 5.41) is 4.95. The summed E-state index contributed by atoms with van der Waals surface area (Å²) < 4.78 is 4.77. The van der Waals surface area contributed by atoms with Crippen LogP contribution in [-0.2, 0) is 14.3 Å². The first kappa shape index (κ1) is 15.5. The van der Waals surface area contributed by atoms with E-state index >= 15 is 0 Å². The van der Waals surface area contributed by atoms with Crippen LogP contribution in [0.5, 0.6) is 0 Å². The lowest BCUT2D eigenvalue weighted by Crippen LogP contribution is -2.44. The Morgan fingerprint density at radius 2 is 1.75 bits per heavy atom. The Morgan fingerprint density at radius 1 is 1.15 bits per heavy atom. The second-order valence-corrected chi connectivity index (χ2v) is 4.17. The van der Waals surface area contributed by atoms with Crippen LogP contribution in [0.25, 0.3) is 0 Å². The Morgan fingerprint density at radius 3 is 2.30 bits per heavy atom. The summed E-state index contributed by atoms with van der Waals surface area (Å²) in [6.07, 6.45) is -1.04. The third-order valence-corrected chi connectivity index (χ3v) is 2.43. The van der Waals surface area contributed by atoms with E-state index in [1.54, 1.807) is 24.3 Å². The zero-order valence-electron chi connectivity index (χ0n) is 11.3. The molecule has 1 rings (SSSR count). The van der Waals surface area contributed by atoms with Crippen molar-refractivity contribution in [3.05, 3.63) is 30.3 Å². The zero-order valence-corrected chi connectivity index (χ0v) is 11.3. The van der Waals surface area contributed by atoms with Gasteiger partial charge in [0, 0.05) is 5.69 Å². The van der Waals surface area contributed by atoms with Crippen molar-refractivity contribution in [1.82, 2.24) is 5.32 Å². The van der Waals surface area contributed by atoms with E-state index in [-0.39, 0.29) is 0 Å². The number of nitrogens with one attached hydrogen (secondary N) is 2. The molecule has 7 nitrogen and oxygen atoms in total. The molecule has 0 aromatic heterocycles. The summed E-state index contributed by atoms with van der Waals surface area (Å²) in [6.45, 7) is 2.80. The van der Waals surface area contributed by atoms with Crippen molar-refractivity contribution < 1.29 is 19.1 Å². The second kappa shape index (κ2) is 7.13. The topological polar surface area (TPSA) is 111 Å². The average molecular weight is 279 g/mol. The molecule has 1 aromatic rings. The van der Waals surface area contributed by atoms with Gasteiger partial charge in [0.15, 0.2) is 6.10 Å².